The van der Waals surface area contributed by atoms with Crippen molar-refractivity contribution in [1.82, 2.24) is 9.97 Å². The van der Waals surface area contributed by atoms with Crippen LogP contribution in [0.5, 0.6) is 5.75 Å². The van der Waals surface area contributed by atoms with Gasteiger partial charge in [0.1, 0.15) is 5.75 Å². The zero-order valence-electron chi connectivity index (χ0n) is 11.6. The maximum atomic E-state index is 12.9. The molecule has 0 aliphatic heterocycles. The van der Waals surface area contributed by atoms with Gasteiger partial charge >= 0.3 is 0 Å². The molecule has 108 valence electrons. The lowest BCUT2D eigenvalue weighted by atomic mass is 10.0. The van der Waals surface area contributed by atoms with Crippen molar-refractivity contribution in [3.05, 3.63) is 62.5 Å². The minimum Gasteiger partial charge on any atom is -0.497 e. The number of benzene rings is 1. The third-order valence-electron chi connectivity index (χ3n) is 3.58. The fourth-order valence-corrected chi connectivity index (χ4v) is 3.97. The summed E-state index contributed by atoms with van der Waals surface area (Å²) in [6.45, 7) is 0. The number of carbonyl (C=O) groups excluding carboxylic acids is 1. The largest absolute Gasteiger partial charge is 0.497 e. The highest BCUT2D eigenvalue weighted by Gasteiger charge is 2.33. The Balaban J connectivity index is 2.00. The molecule has 0 amide bonds. The molecule has 1 aliphatic carbocycles. The molecular formula is C16H10N2O2S2. The predicted octanol–water partition coefficient (Wildman–Crippen LogP) is 3.76. The summed E-state index contributed by atoms with van der Waals surface area (Å²) in [7, 11) is 1.60. The van der Waals surface area contributed by atoms with E-state index >= 15 is 0 Å². The monoisotopic (exact) mass is 326 g/mol. The first kappa shape index (κ1) is 13.4. The molecule has 2 aromatic heterocycles. The van der Waals surface area contributed by atoms with Crippen LogP contribution in [-0.4, -0.2) is 22.9 Å². The number of nitrogens with zero attached hydrogens (tertiary/aromatic N) is 2. The zero-order valence-corrected chi connectivity index (χ0v) is 13.2. The molecule has 0 unspecified atom stereocenters. The molecule has 0 fully saturated rings. The second kappa shape index (κ2) is 5.15. The number of thiazole rings is 2. The molecule has 6 heteroatoms. The highest BCUT2D eigenvalue weighted by atomic mass is 32.1. The number of aromatic nitrogens is 2. The smallest absolute Gasteiger partial charge is 0.195 e. The van der Waals surface area contributed by atoms with Crippen molar-refractivity contribution in [3.63, 3.8) is 0 Å². The van der Waals surface area contributed by atoms with Crippen LogP contribution >= 0.6 is 22.7 Å². The van der Waals surface area contributed by atoms with Gasteiger partial charge < -0.3 is 4.74 Å². The molecule has 0 saturated heterocycles. The van der Waals surface area contributed by atoms with E-state index in [0.29, 0.717) is 16.9 Å². The lowest BCUT2D eigenvalue weighted by molar-refractivity contribution is 0.105. The molecular weight excluding hydrogens is 316 g/mol. The van der Waals surface area contributed by atoms with Crippen LogP contribution in [0.4, 0.5) is 0 Å². The number of hydrogen-bond acceptors (Lipinski definition) is 6. The van der Waals surface area contributed by atoms with E-state index in [2.05, 4.69) is 9.97 Å². The van der Waals surface area contributed by atoms with E-state index < -0.39 is 0 Å². The average molecular weight is 326 g/mol. The SMILES string of the molecule is COc1ccc2c(c1)C(=O)C(c1cncs1)=C2c1cncs1. The van der Waals surface area contributed by atoms with Gasteiger partial charge in [-0.05, 0) is 23.8 Å². The van der Waals surface area contributed by atoms with E-state index in [-0.39, 0.29) is 5.78 Å². The van der Waals surface area contributed by atoms with E-state index in [1.54, 1.807) is 36.6 Å². The molecule has 22 heavy (non-hydrogen) atoms. The topological polar surface area (TPSA) is 52.1 Å². The Bertz CT molecular complexity index is 881. The lowest BCUT2D eigenvalue weighted by Crippen LogP contribution is -1.97. The second-order valence-corrected chi connectivity index (χ2v) is 6.49. The van der Waals surface area contributed by atoms with Gasteiger partial charge in [0, 0.05) is 23.5 Å². The quantitative estimate of drug-likeness (QED) is 0.735. The Hall–Kier alpha value is -2.31. The molecule has 0 radical (unpaired) electrons. The van der Waals surface area contributed by atoms with Gasteiger partial charge in [-0.3, -0.25) is 14.8 Å². The summed E-state index contributed by atoms with van der Waals surface area (Å²) in [6.07, 6.45) is 3.54. The number of ketones is 1. The van der Waals surface area contributed by atoms with E-state index in [4.69, 9.17) is 4.74 Å². The third kappa shape index (κ3) is 1.92. The molecule has 0 bridgehead atoms. The predicted molar refractivity (Wildman–Crippen MR) is 87.5 cm³/mol. The zero-order chi connectivity index (χ0) is 15.1. The van der Waals surface area contributed by atoms with Crippen LogP contribution in [0.3, 0.4) is 0 Å². The summed E-state index contributed by atoms with van der Waals surface area (Å²) < 4.78 is 5.25. The Morgan fingerprint density at radius 3 is 2.23 bits per heavy atom. The lowest BCUT2D eigenvalue weighted by Gasteiger charge is -2.05. The maximum Gasteiger partial charge on any atom is 0.195 e. The summed E-state index contributed by atoms with van der Waals surface area (Å²) in [5.41, 5.74) is 6.76. The van der Waals surface area contributed by atoms with Crippen molar-refractivity contribution in [3.8, 4) is 5.75 Å². The van der Waals surface area contributed by atoms with Gasteiger partial charge in [-0.2, -0.15) is 0 Å². The fraction of sp³-hybridized carbons (Fsp3) is 0.0625. The Morgan fingerprint density at radius 2 is 1.64 bits per heavy atom. The van der Waals surface area contributed by atoms with E-state index in [1.165, 1.54) is 22.7 Å². The summed E-state index contributed by atoms with van der Waals surface area (Å²) in [4.78, 5) is 23.0. The highest BCUT2D eigenvalue weighted by Crippen LogP contribution is 2.44. The Morgan fingerprint density at radius 1 is 0.955 bits per heavy atom. The van der Waals surface area contributed by atoms with Gasteiger partial charge in [-0.15, -0.1) is 22.7 Å². The molecule has 0 saturated carbocycles. The van der Waals surface area contributed by atoms with Gasteiger partial charge in [-0.1, -0.05) is 0 Å². The molecule has 4 rings (SSSR count). The first-order valence-electron chi connectivity index (χ1n) is 6.54. The molecule has 0 atom stereocenters. The molecule has 1 aromatic carbocycles. The number of ether oxygens (including phenoxy) is 1. The Labute approximate surface area is 134 Å². The molecule has 2 heterocycles. The first-order chi connectivity index (χ1) is 10.8. The number of rotatable bonds is 3. The van der Waals surface area contributed by atoms with E-state index in [9.17, 15) is 4.79 Å². The first-order valence-corrected chi connectivity index (χ1v) is 8.30. The fourth-order valence-electron chi connectivity index (χ4n) is 2.61. The van der Waals surface area contributed by atoms with Gasteiger partial charge in [0.15, 0.2) is 5.78 Å². The van der Waals surface area contributed by atoms with Crippen LogP contribution in [0.25, 0.3) is 11.1 Å². The minimum absolute atomic E-state index is 0.0153. The van der Waals surface area contributed by atoms with Crippen LogP contribution in [0.15, 0.2) is 41.6 Å². The number of Topliss-reactive ketones (excluding diaryl/α,β-unsaturated/α-hetero) is 1. The third-order valence-corrected chi connectivity index (χ3v) is 5.16. The summed E-state index contributed by atoms with van der Waals surface area (Å²) >= 11 is 3.00. The van der Waals surface area contributed by atoms with Crippen molar-refractivity contribution in [2.24, 2.45) is 0 Å². The van der Waals surface area contributed by atoms with Crippen molar-refractivity contribution < 1.29 is 9.53 Å². The van der Waals surface area contributed by atoms with Crippen LogP contribution < -0.4 is 4.74 Å². The van der Waals surface area contributed by atoms with Crippen LogP contribution in [0.1, 0.15) is 25.7 Å². The number of carbonyl (C=O) groups is 1. The van der Waals surface area contributed by atoms with E-state index in [1.807, 2.05) is 12.1 Å². The van der Waals surface area contributed by atoms with Gasteiger partial charge in [0.25, 0.3) is 0 Å². The van der Waals surface area contributed by atoms with Gasteiger partial charge in [0.05, 0.1) is 33.5 Å². The second-order valence-electron chi connectivity index (χ2n) is 4.72. The number of hydrogen-bond donors (Lipinski definition) is 0. The number of allylic oxidation sites excluding steroid dienone is 1. The van der Waals surface area contributed by atoms with Gasteiger partial charge in [0.2, 0.25) is 0 Å². The average Bonchev–Trinajstić information content (AvgIpc) is 3.27. The van der Waals surface area contributed by atoms with Crippen molar-refractivity contribution >= 4 is 39.6 Å². The molecule has 0 N–H and O–H groups in total. The Kier molecular flexibility index (Phi) is 3.13. The number of methoxy groups -OCH3 is 1. The number of fused-ring (bicyclic) bond motifs is 1. The summed E-state index contributed by atoms with van der Waals surface area (Å²) in [6, 6.07) is 5.62. The van der Waals surface area contributed by atoms with E-state index in [0.717, 1.165) is 20.9 Å². The molecule has 3 aromatic rings. The van der Waals surface area contributed by atoms with Crippen LogP contribution in [0, 0.1) is 0 Å². The van der Waals surface area contributed by atoms with Crippen molar-refractivity contribution in [2.45, 2.75) is 0 Å². The minimum atomic E-state index is 0.0153. The van der Waals surface area contributed by atoms with Crippen LogP contribution in [0.2, 0.25) is 0 Å². The normalized spacial score (nSPS) is 13.6. The van der Waals surface area contributed by atoms with Crippen LogP contribution in [-0.2, 0) is 0 Å². The molecule has 4 nitrogen and oxygen atoms in total. The maximum absolute atomic E-state index is 12.9. The standard InChI is InChI=1S/C16H10N2O2S2/c1-20-9-2-3-10-11(4-9)16(19)15(13-6-18-8-22-13)14(10)12-5-17-7-21-12/h2-8H,1H3. The van der Waals surface area contributed by atoms with Gasteiger partial charge in [-0.25, -0.2) is 0 Å². The molecule has 1 aliphatic rings. The highest BCUT2D eigenvalue weighted by molar-refractivity contribution is 7.12. The summed E-state index contributed by atoms with van der Waals surface area (Å²) in [5.74, 6) is 0.697. The molecule has 0 spiro atoms. The van der Waals surface area contributed by atoms with Crippen molar-refractivity contribution in [2.75, 3.05) is 7.11 Å². The summed E-state index contributed by atoms with van der Waals surface area (Å²) in [5, 5.41) is 0. The van der Waals surface area contributed by atoms with Crippen molar-refractivity contribution in [1.29, 1.82) is 0 Å².